The Morgan fingerprint density at radius 2 is 2.11 bits per heavy atom. The van der Waals surface area contributed by atoms with E-state index in [1.807, 2.05) is 0 Å². The molecule has 0 spiro atoms. The van der Waals surface area contributed by atoms with Gasteiger partial charge in [-0.3, -0.25) is 4.79 Å². The normalized spacial score (nSPS) is 9.22. The van der Waals surface area contributed by atoms with Crippen LogP contribution in [0.1, 0.15) is 34.8 Å². The summed E-state index contributed by atoms with van der Waals surface area (Å²) in [6.07, 6.45) is 0.0353. The number of carbonyl (C=O) groups excluding carboxylic acids is 1. The molecule has 0 aromatic heterocycles. The van der Waals surface area contributed by atoms with Crippen molar-refractivity contribution >= 4 is 11.9 Å². The van der Waals surface area contributed by atoms with Gasteiger partial charge in [0, 0.05) is 5.56 Å². The Morgan fingerprint density at radius 1 is 1.39 bits per heavy atom. The number of carboxylic acid groups (broad SMARTS) is 1. The molecule has 0 unspecified atom stereocenters. The minimum Gasteiger partial charge on any atom is -0.478 e. The number of esters is 1. The van der Waals surface area contributed by atoms with Crippen molar-refractivity contribution in [3.05, 3.63) is 34.9 Å². The van der Waals surface area contributed by atoms with Crippen LogP contribution < -0.4 is 0 Å². The molecule has 0 radical (unpaired) electrons. The zero-order valence-corrected chi connectivity index (χ0v) is 10.3. The summed E-state index contributed by atoms with van der Waals surface area (Å²) in [6, 6.07) is 4.81. The molecule has 0 aliphatic rings. The molecule has 1 N–H and O–H groups in total. The fourth-order valence-electron chi connectivity index (χ4n) is 1.41. The molecule has 0 atom stereocenters. The largest absolute Gasteiger partial charge is 0.478 e. The summed E-state index contributed by atoms with van der Waals surface area (Å²) in [7, 11) is 0. The van der Waals surface area contributed by atoms with E-state index < -0.39 is 5.97 Å². The van der Waals surface area contributed by atoms with E-state index in [-0.39, 0.29) is 18.0 Å². The number of carbonyl (C=O) groups is 2. The third-order valence-electron chi connectivity index (χ3n) is 2.23. The zero-order valence-electron chi connectivity index (χ0n) is 10.3. The van der Waals surface area contributed by atoms with Crippen molar-refractivity contribution in [3.8, 4) is 11.8 Å². The van der Waals surface area contributed by atoms with Gasteiger partial charge < -0.3 is 9.84 Å². The Balaban J connectivity index is 2.75. The molecule has 0 fully saturated rings. The van der Waals surface area contributed by atoms with Crippen LogP contribution in [0.4, 0.5) is 0 Å². The van der Waals surface area contributed by atoms with Gasteiger partial charge in [-0.25, -0.2) is 4.79 Å². The third-order valence-corrected chi connectivity index (χ3v) is 2.23. The fourth-order valence-corrected chi connectivity index (χ4v) is 1.41. The standard InChI is InChI=1S/C14H14O4/c1-3-18-13(15)6-4-5-11-7-8-12(14(16)17)10(2)9-11/h7-9H,3,6H2,1-2H3,(H,16,17). The maximum absolute atomic E-state index is 11.0. The second-order valence-electron chi connectivity index (χ2n) is 3.62. The molecule has 94 valence electrons. The summed E-state index contributed by atoms with van der Waals surface area (Å²) in [5, 5.41) is 8.87. The second kappa shape index (κ2) is 6.45. The number of carboxylic acids is 1. The quantitative estimate of drug-likeness (QED) is 0.654. The predicted octanol–water partition coefficient (Wildman–Crippen LogP) is 2.00. The van der Waals surface area contributed by atoms with Crippen molar-refractivity contribution < 1.29 is 19.4 Å². The third kappa shape index (κ3) is 3.95. The molecule has 1 rings (SSSR count). The Labute approximate surface area is 106 Å². The Hall–Kier alpha value is -2.28. The first-order valence-electron chi connectivity index (χ1n) is 5.53. The molecule has 0 saturated heterocycles. The molecule has 0 amide bonds. The van der Waals surface area contributed by atoms with Crippen molar-refractivity contribution in [2.24, 2.45) is 0 Å². The number of hydrogen-bond donors (Lipinski definition) is 1. The van der Waals surface area contributed by atoms with Gasteiger partial charge in [-0.15, -0.1) is 0 Å². The minimum atomic E-state index is -0.960. The number of hydrogen-bond acceptors (Lipinski definition) is 3. The van der Waals surface area contributed by atoms with Crippen molar-refractivity contribution in [3.63, 3.8) is 0 Å². The van der Waals surface area contributed by atoms with E-state index in [2.05, 4.69) is 11.8 Å². The zero-order chi connectivity index (χ0) is 13.5. The Bertz CT molecular complexity index is 520. The molecule has 18 heavy (non-hydrogen) atoms. The summed E-state index contributed by atoms with van der Waals surface area (Å²) in [5.74, 6) is 4.17. The summed E-state index contributed by atoms with van der Waals surface area (Å²) < 4.78 is 4.73. The highest BCUT2D eigenvalue weighted by molar-refractivity contribution is 5.89. The second-order valence-corrected chi connectivity index (χ2v) is 3.62. The van der Waals surface area contributed by atoms with E-state index in [4.69, 9.17) is 9.84 Å². The van der Waals surface area contributed by atoms with Crippen molar-refractivity contribution in [2.75, 3.05) is 6.61 Å². The Morgan fingerprint density at radius 3 is 2.67 bits per heavy atom. The van der Waals surface area contributed by atoms with E-state index in [9.17, 15) is 9.59 Å². The van der Waals surface area contributed by atoms with Crippen LogP contribution in [0.25, 0.3) is 0 Å². The fraction of sp³-hybridized carbons (Fsp3) is 0.286. The molecule has 0 aliphatic carbocycles. The van der Waals surface area contributed by atoms with Gasteiger partial charge in [0.15, 0.2) is 0 Å². The van der Waals surface area contributed by atoms with Crippen molar-refractivity contribution in [1.82, 2.24) is 0 Å². The van der Waals surface area contributed by atoms with Gasteiger partial charge >= 0.3 is 11.9 Å². The lowest BCUT2D eigenvalue weighted by atomic mass is 10.1. The van der Waals surface area contributed by atoms with Crippen LogP contribution in [0.15, 0.2) is 18.2 Å². The van der Waals surface area contributed by atoms with Crippen LogP contribution >= 0.6 is 0 Å². The van der Waals surface area contributed by atoms with Gasteiger partial charge in [0.05, 0.1) is 12.2 Å². The van der Waals surface area contributed by atoms with E-state index in [1.54, 1.807) is 26.0 Å². The van der Waals surface area contributed by atoms with Gasteiger partial charge in [-0.05, 0) is 37.6 Å². The molecule has 1 aromatic carbocycles. The monoisotopic (exact) mass is 246 g/mol. The van der Waals surface area contributed by atoms with Crippen LogP contribution in [0.3, 0.4) is 0 Å². The molecule has 4 nitrogen and oxygen atoms in total. The van der Waals surface area contributed by atoms with E-state index in [0.717, 1.165) is 0 Å². The van der Waals surface area contributed by atoms with E-state index in [1.165, 1.54) is 6.07 Å². The number of ether oxygens (including phenoxy) is 1. The highest BCUT2D eigenvalue weighted by Gasteiger charge is 2.06. The summed E-state index contributed by atoms with van der Waals surface area (Å²) >= 11 is 0. The molecule has 4 heteroatoms. The van der Waals surface area contributed by atoms with Crippen molar-refractivity contribution in [2.45, 2.75) is 20.3 Å². The average Bonchev–Trinajstić information content (AvgIpc) is 2.29. The molecule has 0 aliphatic heterocycles. The predicted molar refractivity (Wildman–Crippen MR) is 66.3 cm³/mol. The number of aromatic carboxylic acids is 1. The molecular weight excluding hydrogens is 232 g/mol. The van der Waals surface area contributed by atoms with E-state index in [0.29, 0.717) is 17.7 Å². The van der Waals surface area contributed by atoms with Crippen LogP contribution in [0, 0.1) is 18.8 Å². The first-order valence-corrected chi connectivity index (χ1v) is 5.53. The number of rotatable bonds is 3. The van der Waals surface area contributed by atoms with Crippen LogP contribution in [0.5, 0.6) is 0 Å². The summed E-state index contributed by atoms with van der Waals surface area (Å²) in [4.78, 5) is 21.9. The first-order chi connectivity index (χ1) is 8.54. The Kier molecular flexibility index (Phi) is 4.94. The van der Waals surface area contributed by atoms with Crippen LogP contribution in [-0.4, -0.2) is 23.7 Å². The lowest BCUT2D eigenvalue weighted by molar-refractivity contribution is -0.141. The maximum atomic E-state index is 11.0. The van der Waals surface area contributed by atoms with Crippen LogP contribution in [0.2, 0.25) is 0 Å². The lowest BCUT2D eigenvalue weighted by Crippen LogP contribution is -2.01. The lowest BCUT2D eigenvalue weighted by Gasteiger charge is -2.00. The smallest absolute Gasteiger partial charge is 0.335 e. The molecule has 0 heterocycles. The maximum Gasteiger partial charge on any atom is 0.335 e. The highest BCUT2D eigenvalue weighted by atomic mass is 16.5. The van der Waals surface area contributed by atoms with Crippen molar-refractivity contribution in [1.29, 1.82) is 0 Å². The number of aryl methyl sites for hydroxylation is 1. The van der Waals surface area contributed by atoms with Gasteiger partial charge in [0.25, 0.3) is 0 Å². The SMILES string of the molecule is CCOC(=O)CC#Cc1ccc(C(=O)O)c(C)c1. The summed E-state index contributed by atoms with van der Waals surface area (Å²) in [5.41, 5.74) is 1.58. The minimum absolute atomic E-state index is 0.0353. The van der Waals surface area contributed by atoms with E-state index >= 15 is 0 Å². The molecular formula is C14H14O4. The summed E-state index contributed by atoms with van der Waals surface area (Å²) in [6.45, 7) is 3.78. The molecule has 0 saturated carbocycles. The van der Waals surface area contributed by atoms with Gasteiger partial charge in [-0.1, -0.05) is 11.8 Å². The molecule has 0 bridgehead atoms. The average molecular weight is 246 g/mol. The molecule has 1 aromatic rings. The number of benzene rings is 1. The topological polar surface area (TPSA) is 63.6 Å². The van der Waals surface area contributed by atoms with Gasteiger partial charge in [0.2, 0.25) is 0 Å². The van der Waals surface area contributed by atoms with Crippen LogP contribution in [-0.2, 0) is 9.53 Å². The highest BCUT2D eigenvalue weighted by Crippen LogP contribution is 2.10. The first kappa shape index (κ1) is 13.8. The van der Waals surface area contributed by atoms with Gasteiger partial charge in [-0.2, -0.15) is 0 Å². The van der Waals surface area contributed by atoms with Gasteiger partial charge in [0.1, 0.15) is 6.42 Å².